The van der Waals surface area contributed by atoms with Crippen LogP contribution in [-0.2, 0) is 92.4 Å². The molecule has 0 bridgehead atoms. The average molecular weight is 1530 g/mol. The molecular formula is C64H106ClN17O16S4. The number of hydrogen-bond acceptors (Lipinski definition) is 28. The summed E-state index contributed by atoms with van der Waals surface area (Å²) in [7, 11) is -4.28. The van der Waals surface area contributed by atoms with Gasteiger partial charge in [-0.05, 0) is 172 Å². The van der Waals surface area contributed by atoms with E-state index in [9.17, 15) is 36.0 Å². The Morgan fingerprint density at radius 3 is 1.18 bits per heavy atom. The van der Waals surface area contributed by atoms with Crippen LogP contribution in [0.3, 0.4) is 0 Å². The maximum Gasteiger partial charge on any atom is 0.303 e. The van der Waals surface area contributed by atoms with Gasteiger partial charge < -0.3 is 55.7 Å². The van der Waals surface area contributed by atoms with E-state index >= 15 is 0 Å². The lowest BCUT2D eigenvalue weighted by Gasteiger charge is -2.36. The summed E-state index contributed by atoms with van der Waals surface area (Å²) in [5.74, 6) is 4.00. The second kappa shape index (κ2) is 43.9. The summed E-state index contributed by atoms with van der Waals surface area (Å²) in [6.07, 6.45) is 11.5. The zero-order valence-electron chi connectivity index (χ0n) is 60.8. The maximum absolute atomic E-state index is 12.0. The summed E-state index contributed by atoms with van der Waals surface area (Å²) in [6, 6.07) is 7.67. The fourth-order valence-corrected chi connectivity index (χ4v) is 11.2. The first-order valence-corrected chi connectivity index (χ1v) is 38.1. The first-order chi connectivity index (χ1) is 47.3. The normalized spacial score (nSPS) is 24.4. The van der Waals surface area contributed by atoms with Crippen molar-refractivity contribution in [3.63, 3.8) is 0 Å². The number of oxime groups is 1. The molecule has 14 N–H and O–H groups in total. The average Bonchev–Trinajstić information content (AvgIpc) is 1.48. The quantitative estimate of drug-likeness (QED) is 0.0160. The Morgan fingerprint density at radius 2 is 0.922 bits per heavy atom. The van der Waals surface area contributed by atoms with E-state index in [0.717, 1.165) is 77.0 Å². The predicted octanol–water partition coefficient (Wildman–Crippen LogP) is 5.55. The molecule has 0 spiro atoms. The molecule has 4 atom stereocenters. The van der Waals surface area contributed by atoms with Crippen molar-refractivity contribution < 1.29 is 74.5 Å². The first-order valence-electron chi connectivity index (χ1n) is 33.0. The first kappa shape index (κ1) is 91.8. The monoisotopic (exact) mass is 1530 g/mol. The number of aliphatic hydroxyl groups is 2. The predicted molar refractivity (Wildman–Crippen MR) is 381 cm³/mol. The fraction of sp³-hybridized carbons (Fsp3) is 0.750. The fourth-order valence-electron chi connectivity index (χ4n) is 8.63. The van der Waals surface area contributed by atoms with Crippen molar-refractivity contribution in [1.82, 2.24) is 44.6 Å². The molecule has 0 amide bonds. The molecule has 7 fully saturated rings. The van der Waals surface area contributed by atoms with Gasteiger partial charge in [0.1, 0.15) is 24.8 Å². The Kier molecular flexibility index (Phi) is 39.5. The van der Waals surface area contributed by atoms with Gasteiger partial charge in [0.05, 0.1) is 93.0 Å². The number of hydrogen-bond donors (Lipinski definition) is 10. The molecule has 38 heteroatoms. The van der Waals surface area contributed by atoms with Crippen LogP contribution in [0.4, 0.5) is 0 Å². The van der Waals surface area contributed by atoms with Crippen molar-refractivity contribution in [3.8, 4) is 18.2 Å². The number of nitrogens with zero attached hydrogens (tertiary/aromatic N) is 10. The number of aliphatic hydroxyl groups excluding tert-OH is 2. The number of rotatable bonds is 16. The standard InChI is InChI=1S/C13H21N3O4S.C9H19N3O2S.C9H16N2OS.2C7H11N3O2.C6H7N.C5H5NO.C4H5ClO3.C4H11NOS/c1-8(17)19-7-11-14-12(15-20-11)9-5-10(6-9)16-21(18)13(2,3)4;1-9(2,3)15(14)12-7-4-6(5-7)8(10)11-13;1-9(2,3)13(12)11-8-4-7(5-8)6-10;2*8-5-1-4(2-5)7-9-6(3-11)12-10-7;1-5-2-6(3-5)4-7;6-3-4-1-5(7)2-4;1-3(6)8-2-4(5)7;1-4(2,3)7(5)6/h9-10,16H,5-7H2,1-4H3;6-7,12-13H,4-5H2,1-3H3,(H2,10,11);7-8,11H,4-5H2,1-3H3;2*4-5,11H,1-3,8H2;6H,1-3H2;4H,1-2H2;2H2,1H3;5H2,1-3H3. The minimum absolute atomic E-state index is 0.00473. The smallest absolute Gasteiger partial charge is 0.303 e. The number of Topliss-reactive ketones (excluding diaryl/α,β-unsaturated/α-hetero) is 1. The summed E-state index contributed by atoms with van der Waals surface area (Å²) < 4.78 is 77.3. The Hall–Kier alpha value is -6.25. The van der Waals surface area contributed by atoms with Gasteiger partial charge in [0.2, 0.25) is 0 Å². The number of nitriles is 3. The van der Waals surface area contributed by atoms with E-state index in [2.05, 4.69) is 73.2 Å². The van der Waals surface area contributed by atoms with E-state index in [4.69, 9.17) is 83.5 Å². The van der Waals surface area contributed by atoms with Crippen LogP contribution in [0, 0.1) is 57.7 Å². The van der Waals surface area contributed by atoms with E-state index in [1.165, 1.54) is 19.4 Å². The number of nitrogens with one attached hydrogen (secondary N) is 3. The van der Waals surface area contributed by atoms with Crippen LogP contribution in [0.2, 0.25) is 0 Å². The molecule has 33 nitrogen and oxygen atoms in total. The van der Waals surface area contributed by atoms with E-state index in [1.807, 2.05) is 89.2 Å². The minimum atomic E-state index is -1.18. The molecule has 7 aliphatic rings. The van der Waals surface area contributed by atoms with Gasteiger partial charge in [-0.2, -0.15) is 30.7 Å². The van der Waals surface area contributed by atoms with E-state index in [1.54, 1.807) is 0 Å². The molecule has 4 unspecified atom stereocenters. The zero-order chi connectivity index (χ0) is 77.6. The van der Waals surface area contributed by atoms with Crippen molar-refractivity contribution in [1.29, 1.82) is 15.8 Å². The number of halogens is 1. The third kappa shape index (κ3) is 35.5. The van der Waals surface area contributed by atoms with Crippen LogP contribution in [0.25, 0.3) is 0 Å². The Bertz CT molecular complexity index is 3280. The van der Waals surface area contributed by atoms with Gasteiger partial charge >= 0.3 is 11.9 Å². The number of carbonyl (C=O) groups excluding carboxylic acids is 4. The molecule has 102 heavy (non-hydrogen) atoms. The van der Waals surface area contributed by atoms with Crippen LogP contribution >= 0.6 is 11.6 Å². The lowest BCUT2D eigenvalue weighted by Crippen LogP contribution is -2.49. The number of esters is 2. The van der Waals surface area contributed by atoms with Crippen molar-refractivity contribution >= 4 is 84.3 Å². The summed E-state index contributed by atoms with van der Waals surface area (Å²) >= 11 is 4.81. The Morgan fingerprint density at radius 1 is 0.588 bits per heavy atom. The molecule has 574 valence electrons. The van der Waals surface area contributed by atoms with Crippen molar-refractivity contribution in [2.24, 2.45) is 51.2 Å². The van der Waals surface area contributed by atoms with Gasteiger partial charge in [-0.25, -0.2) is 31.0 Å². The van der Waals surface area contributed by atoms with Crippen molar-refractivity contribution in [2.45, 2.75) is 274 Å². The number of allylic oxidation sites excluding steroid dienone is 1. The number of amidine groups is 1. The maximum atomic E-state index is 12.0. The molecule has 3 heterocycles. The molecule has 3 aromatic rings. The van der Waals surface area contributed by atoms with Gasteiger partial charge in [0.15, 0.2) is 30.7 Å². The highest BCUT2D eigenvalue weighted by Crippen LogP contribution is 2.37. The molecular weight excluding hydrogens is 1430 g/mol. The molecule has 10 rings (SSSR count). The summed E-state index contributed by atoms with van der Waals surface area (Å²) in [6.45, 7) is 28.5. The molecule has 0 radical (unpaired) electrons. The zero-order valence-corrected chi connectivity index (χ0v) is 64.8. The molecule has 0 aliphatic heterocycles. The summed E-state index contributed by atoms with van der Waals surface area (Å²) in [5.41, 5.74) is 17.9. The third-order valence-electron chi connectivity index (χ3n) is 15.6. The Labute approximate surface area is 612 Å². The van der Waals surface area contributed by atoms with Crippen LogP contribution in [0.5, 0.6) is 0 Å². The number of ketones is 1. The highest BCUT2D eigenvalue weighted by Gasteiger charge is 2.38. The number of ether oxygens (including phenoxy) is 2. The third-order valence-corrected chi connectivity index (χ3v) is 21.9. The minimum Gasteiger partial charge on any atom is -0.456 e. The summed E-state index contributed by atoms with van der Waals surface area (Å²) in [4.78, 5) is 52.8. The largest absolute Gasteiger partial charge is 0.456 e. The van der Waals surface area contributed by atoms with Gasteiger partial charge in [-0.15, -0.1) is 0 Å². The number of aromatic nitrogens is 6. The molecule has 7 saturated carbocycles. The molecule has 0 saturated heterocycles. The van der Waals surface area contributed by atoms with Crippen LogP contribution in [-0.4, -0.2) is 147 Å². The molecule has 3 aromatic heterocycles. The van der Waals surface area contributed by atoms with Crippen molar-refractivity contribution in [2.75, 3.05) is 6.61 Å². The lowest BCUT2D eigenvalue weighted by molar-refractivity contribution is -0.144. The highest BCUT2D eigenvalue weighted by atomic mass is 35.5. The van der Waals surface area contributed by atoms with Gasteiger partial charge in [0.25, 0.3) is 22.9 Å². The van der Waals surface area contributed by atoms with E-state index < -0.39 is 55.2 Å². The second-order valence-corrected chi connectivity index (χ2v) is 37.4. The molecule has 0 aromatic carbocycles. The van der Waals surface area contributed by atoms with Gasteiger partial charge in [-0.3, -0.25) is 24.3 Å². The van der Waals surface area contributed by atoms with Crippen LogP contribution < -0.4 is 36.5 Å². The topological polar surface area (TPSA) is 556 Å². The van der Waals surface area contributed by atoms with Gasteiger partial charge in [-0.1, -0.05) is 32.8 Å². The van der Waals surface area contributed by atoms with E-state index in [0.29, 0.717) is 54.0 Å². The number of nitrogens with two attached hydrogens (primary N) is 4. The van der Waals surface area contributed by atoms with Crippen molar-refractivity contribution in [3.05, 3.63) is 47.3 Å². The lowest BCUT2D eigenvalue weighted by atomic mass is 9.80. The Balaban J connectivity index is 0.000000400. The SMILES string of the molecule is C=C1CC(C#N)C1.CC(=O)OCC(=O)Cl.CC(=O)OCc1nc(C2CC(NS(=O)C(C)(C)C)C2)no1.CC(C)(C)S(=O)NC1CC(/C(N)=N/O)C1.CC(C)(C)S(=O)NC1CC(C#N)C1.CC(C)(C)S(N)=O.N#CC1CC(=O)C1.NC1CC(c2noc(CO)n2)C1.NC1CC(c2noc(CO)n2)C1. The van der Waals surface area contributed by atoms with Gasteiger partial charge in [0, 0.05) is 86.5 Å². The van der Waals surface area contributed by atoms with Crippen LogP contribution in [0.1, 0.15) is 240 Å². The number of carbonyl (C=O) groups is 4. The summed E-state index contributed by atoms with van der Waals surface area (Å²) in [5, 5.41) is 69.3. The van der Waals surface area contributed by atoms with E-state index in [-0.39, 0.29) is 129 Å². The van der Waals surface area contributed by atoms with Crippen LogP contribution in [0.15, 0.2) is 30.9 Å². The second-order valence-electron chi connectivity index (χ2n) is 29.1. The molecule has 7 aliphatic carbocycles. The highest BCUT2D eigenvalue weighted by molar-refractivity contribution is 7.85.